The van der Waals surface area contributed by atoms with E-state index in [0.29, 0.717) is 6.04 Å². The molecule has 1 aromatic rings. The van der Waals surface area contributed by atoms with E-state index < -0.39 is 11.9 Å². The number of imidazole rings is 1. The van der Waals surface area contributed by atoms with Crippen molar-refractivity contribution < 1.29 is 9.90 Å². The van der Waals surface area contributed by atoms with E-state index in [0.717, 1.165) is 24.3 Å². The monoisotopic (exact) mass is 324 g/mol. The van der Waals surface area contributed by atoms with Gasteiger partial charge < -0.3 is 9.67 Å². The molecule has 1 unspecified atom stereocenters. The molecule has 1 atom stereocenters. The van der Waals surface area contributed by atoms with Gasteiger partial charge in [-0.3, -0.25) is 4.99 Å². The number of carboxylic acids is 1. The van der Waals surface area contributed by atoms with E-state index in [1.54, 1.807) is 4.57 Å². The fourth-order valence-electron chi connectivity index (χ4n) is 3.16. The summed E-state index contributed by atoms with van der Waals surface area (Å²) < 4.78 is 1.62. The highest BCUT2D eigenvalue weighted by Gasteiger charge is 2.20. The molecule has 0 radical (unpaired) electrons. The van der Waals surface area contributed by atoms with Gasteiger partial charge in [0.2, 0.25) is 0 Å². The predicted molar refractivity (Wildman–Crippen MR) is 90.6 cm³/mol. The Balaban J connectivity index is 1.80. The number of aromatic carboxylic acids is 1. The average Bonchev–Trinajstić information content (AvgIpc) is 2.95. The number of aromatic nitrogens is 2. The molecular formula is C18H20N4O2. The molecule has 0 aliphatic heterocycles. The minimum absolute atomic E-state index is 0.0178. The fraction of sp³-hybridized carbons (Fsp3) is 0.444. The summed E-state index contributed by atoms with van der Waals surface area (Å²) in [5.41, 5.74) is 1.52. The Labute approximate surface area is 140 Å². The molecular weight excluding hydrogens is 304 g/mol. The zero-order chi connectivity index (χ0) is 16.9. The van der Waals surface area contributed by atoms with E-state index in [4.69, 9.17) is 10.1 Å². The van der Waals surface area contributed by atoms with Crippen molar-refractivity contribution in [2.24, 2.45) is 10.9 Å². The third-order valence-corrected chi connectivity index (χ3v) is 4.48. The molecule has 0 amide bonds. The van der Waals surface area contributed by atoms with Crippen LogP contribution >= 0.6 is 0 Å². The number of carboxylic acid groups (broad SMARTS) is 1. The second-order valence-electron chi connectivity index (χ2n) is 6.20. The van der Waals surface area contributed by atoms with E-state index >= 15 is 0 Å². The van der Waals surface area contributed by atoms with E-state index in [1.165, 1.54) is 38.2 Å². The number of rotatable bonds is 3. The Kier molecular flexibility index (Phi) is 4.90. The molecule has 2 aliphatic rings. The molecule has 6 heteroatoms. The van der Waals surface area contributed by atoms with Crippen LogP contribution in [-0.2, 0) is 0 Å². The maximum Gasteiger partial charge on any atom is 0.356 e. The van der Waals surface area contributed by atoms with Crippen LogP contribution < -0.4 is 0 Å². The van der Waals surface area contributed by atoms with Gasteiger partial charge in [0.25, 0.3) is 0 Å². The Morgan fingerprint density at radius 2 is 2.04 bits per heavy atom. The zero-order valence-electron chi connectivity index (χ0n) is 13.4. The third kappa shape index (κ3) is 3.62. The van der Waals surface area contributed by atoms with Gasteiger partial charge in [0.1, 0.15) is 12.2 Å². The van der Waals surface area contributed by atoms with Crippen molar-refractivity contribution in [1.29, 1.82) is 5.26 Å². The summed E-state index contributed by atoms with van der Waals surface area (Å²) in [4.78, 5) is 19.6. The highest BCUT2D eigenvalue weighted by molar-refractivity contribution is 6.03. The van der Waals surface area contributed by atoms with Crippen LogP contribution in [0, 0.1) is 17.2 Å². The minimum Gasteiger partial charge on any atom is -0.476 e. The Morgan fingerprint density at radius 1 is 1.29 bits per heavy atom. The molecule has 6 nitrogen and oxygen atoms in total. The lowest BCUT2D eigenvalue weighted by Crippen LogP contribution is -2.17. The van der Waals surface area contributed by atoms with Crippen LogP contribution in [0.15, 0.2) is 35.7 Å². The lowest BCUT2D eigenvalue weighted by molar-refractivity contribution is 0.0691. The summed E-state index contributed by atoms with van der Waals surface area (Å²) in [6.07, 6.45) is 15.6. The summed E-state index contributed by atoms with van der Waals surface area (Å²) in [7, 11) is 0. The van der Waals surface area contributed by atoms with Gasteiger partial charge in [-0.25, -0.2) is 9.78 Å². The number of carbonyl (C=O) groups is 1. The number of nitrogens with zero attached hydrogens (tertiary/aromatic N) is 4. The summed E-state index contributed by atoms with van der Waals surface area (Å²) >= 11 is 0. The second-order valence-corrected chi connectivity index (χ2v) is 6.20. The lowest BCUT2D eigenvalue weighted by atomic mass is 9.97. The van der Waals surface area contributed by atoms with Gasteiger partial charge in [0.15, 0.2) is 5.69 Å². The van der Waals surface area contributed by atoms with Crippen molar-refractivity contribution in [2.75, 3.05) is 0 Å². The van der Waals surface area contributed by atoms with Crippen LogP contribution in [0.1, 0.15) is 49.0 Å². The average molecular weight is 324 g/mol. The number of hydrogen-bond donors (Lipinski definition) is 1. The molecule has 1 aromatic heterocycles. The largest absolute Gasteiger partial charge is 0.476 e. The molecule has 1 heterocycles. The maximum atomic E-state index is 10.9. The number of aliphatic imine (C=N–C) groups is 1. The molecule has 0 aromatic carbocycles. The maximum absolute atomic E-state index is 10.9. The first kappa shape index (κ1) is 16.2. The van der Waals surface area contributed by atoms with E-state index in [-0.39, 0.29) is 5.69 Å². The predicted octanol–water partition coefficient (Wildman–Crippen LogP) is 3.30. The van der Waals surface area contributed by atoms with E-state index in [2.05, 4.69) is 11.1 Å². The topological polar surface area (TPSA) is 91.3 Å². The minimum atomic E-state index is -1.07. The van der Waals surface area contributed by atoms with Crippen LogP contribution in [0.2, 0.25) is 0 Å². The molecule has 0 bridgehead atoms. The third-order valence-electron chi connectivity index (χ3n) is 4.48. The Bertz CT molecular complexity index is 743. The van der Waals surface area contributed by atoms with Crippen molar-refractivity contribution in [2.45, 2.75) is 44.6 Å². The van der Waals surface area contributed by atoms with E-state index in [1.807, 2.05) is 18.2 Å². The van der Waals surface area contributed by atoms with Crippen LogP contribution in [-0.4, -0.2) is 32.4 Å². The second kappa shape index (κ2) is 7.26. The van der Waals surface area contributed by atoms with Crippen molar-refractivity contribution in [3.8, 4) is 6.07 Å². The van der Waals surface area contributed by atoms with Crippen LogP contribution in [0.25, 0.3) is 5.70 Å². The van der Waals surface area contributed by atoms with Crippen molar-refractivity contribution >= 4 is 17.4 Å². The Hall–Kier alpha value is -2.68. The SMILES string of the molecule is N#CC1C=C(n2cnc(C(=O)O)c2)C=CC1=NC1CCCCCC1. The lowest BCUT2D eigenvalue weighted by Gasteiger charge is -2.17. The molecule has 124 valence electrons. The molecule has 1 N–H and O–H groups in total. The van der Waals surface area contributed by atoms with Gasteiger partial charge >= 0.3 is 5.97 Å². The van der Waals surface area contributed by atoms with Crippen LogP contribution in [0.3, 0.4) is 0 Å². The molecule has 3 rings (SSSR count). The highest BCUT2D eigenvalue weighted by Crippen LogP contribution is 2.24. The number of nitriles is 1. The number of hydrogen-bond acceptors (Lipinski definition) is 4. The van der Waals surface area contributed by atoms with Crippen molar-refractivity contribution in [3.05, 3.63) is 36.4 Å². The fourth-order valence-corrected chi connectivity index (χ4v) is 3.16. The van der Waals surface area contributed by atoms with Gasteiger partial charge in [0, 0.05) is 11.9 Å². The summed E-state index contributed by atoms with van der Waals surface area (Å²) in [5, 5.41) is 18.4. The molecule has 1 fully saturated rings. The summed E-state index contributed by atoms with van der Waals surface area (Å²) in [6.45, 7) is 0. The molecule has 24 heavy (non-hydrogen) atoms. The molecule has 1 saturated carbocycles. The van der Waals surface area contributed by atoms with Crippen LogP contribution in [0.5, 0.6) is 0 Å². The molecule has 2 aliphatic carbocycles. The molecule has 0 spiro atoms. The smallest absolute Gasteiger partial charge is 0.356 e. The first-order valence-electron chi connectivity index (χ1n) is 8.32. The first-order chi connectivity index (χ1) is 11.7. The van der Waals surface area contributed by atoms with Gasteiger partial charge in [-0.05, 0) is 31.1 Å². The number of allylic oxidation sites excluding steroid dienone is 4. The van der Waals surface area contributed by atoms with Gasteiger partial charge in [-0.1, -0.05) is 25.7 Å². The van der Waals surface area contributed by atoms with Crippen molar-refractivity contribution in [1.82, 2.24) is 9.55 Å². The summed E-state index contributed by atoms with van der Waals surface area (Å²) in [5.74, 6) is -1.48. The Morgan fingerprint density at radius 3 is 2.67 bits per heavy atom. The quantitative estimate of drug-likeness (QED) is 0.864. The van der Waals surface area contributed by atoms with Crippen molar-refractivity contribution in [3.63, 3.8) is 0 Å². The highest BCUT2D eigenvalue weighted by atomic mass is 16.4. The summed E-state index contributed by atoms with van der Waals surface area (Å²) in [6, 6.07) is 2.59. The first-order valence-corrected chi connectivity index (χ1v) is 8.32. The van der Waals surface area contributed by atoms with E-state index in [9.17, 15) is 10.1 Å². The zero-order valence-corrected chi connectivity index (χ0v) is 13.4. The van der Waals surface area contributed by atoms with Gasteiger partial charge in [-0.2, -0.15) is 5.26 Å². The molecule has 0 saturated heterocycles. The standard InChI is InChI=1S/C18H20N4O2/c19-10-13-9-15(22-11-17(18(23)24)20-12-22)7-8-16(13)21-14-5-3-1-2-4-6-14/h7-9,11-14H,1-6H2,(H,23,24). The normalized spacial score (nSPS) is 23.5. The van der Waals surface area contributed by atoms with Gasteiger partial charge in [0.05, 0.1) is 17.8 Å². The van der Waals surface area contributed by atoms with Gasteiger partial charge in [-0.15, -0.1) is 0 Å². The van der Waals surface area contributed by atoms with Crippen LogP contribution in [0.4, 0.5) is 0 Å².